The first-order valence-corrected chi connectivity index (χ1v) is 5.98. The monoisotopic (exact) mass is 256 g/mol. The van der Waals surface area contributed by atoms with E-state index in [2.05, 4.69) is 5.32 Å². The van der Waals surface area contributed by atoms with Gasteiger partial charge in [0.2, 0.25) is 0 Å². The zero-order valence-electron chi connectivity index (χ0n) is 10.7. The Hall–Kier alpha value is -2.49. The van der Waals surface area contributed by atoms with Crippen LogP contribution in [0.1, 0.15) is 5.56 Å². The van der Waals surface area contributed by atoms with Crippen molar-refractivity contribution in [2.24, 2.45) is 0 Å². The lowest BCUT2D eigenvalue weighted by Gasteiger charge is -2.08. The molecule has 0 atom stereocenters. The molecule has 98 valence electrons. The van der Waals surface area contributed by atoms with Gasteiger partial charge in [-0.25, -0.2) is 0 Å². The maximum Gasteiger partial charge on any atom is 0.262 e. The zero-order chi connectivity index (χ0) is 13.7. The van der Waals surface area contributed by atoms with Crippen molar-refractivity contribution in [1.29, 1.82) is 0 Å². The highest BCUT2D eigenvalue weighted by atomic mass is 16.5. The van der Waals surface area contributed by atoms with Crippen molar-refractivity contribution < 1.29 is 9.53 Å². The predicted molar refractivity (Wildman–Crippen MR) is 76.2 cm³/mol. The summed E-state index contributed by atoms with van der Waals surface area (Å²) in [6.45, 7) is 1.94. The molecule has 0 saturated carbocycles. The van der Waals surface area contributed by atoms with Crippen molar-refractivity contribution in [3.63, 3.8) is 0 Å². The minimum absolute atomic E-state index is 0.0299. The van der Waals surface area contributed by atoms with Crippen LogP contribution in [0.4, 0.5) is 11.4 Å². The van der Waals surface area contributed by atoms with E-state index in [1.54, 1.807) is 24.3 Å². The molecule has 2 aromatic rings. The summed E-state index contributed by atoms with van der Waals surface area (Å²) in [5.41, 5.74) is 8.09. The quantitative estimate of drug-likeness (QED) is 0.826. The Kier molecular flexibility index (Phi) is 4.03. The van der Waals surface area contributed by atoms with Crippen LogP contribution in [-0.2, 0) is 4.79 Å². The van der Waals surface area contributed by atoms with Crippen LogP contribution in [0.3, 0.4) is 0 Å². The number of benzene rings is 2. The first kappa shape index (κ1) is 13.0. The number of rotatable bonds is 4. The maximum atomic E-state index is 11.7. The molecular formula is C15H16N2O2. The Morgan fingerprint density at radius 3 is 2.63 bits per heavy atom. The number of hydrogen-bond acceptors (Lipinski definition) is 3. The molecule has 4 nitrogen and oxygen atoms in total. The van der Waals surface area contributed by atoms with Gasteiger partial charge in [0, 0.05) is 11.4 Å². The van der Waals surface area contributed by atoms with Gasteiger partial charge in [-0.2, -0.15) is 0 Å². The molecule has 0 aromatic heterocycles. The molecule has 19 heavy (non-hydrogen) atoms. The van der Waals surface area contributed by atoms with Gasteiger partial charge in [0.1, 0.15) is 5.75 Å². The van der Waals surface area contributed by atoms with Crippen LogP contribution in [-0.4, -0.2) is 12.5 Å². The van der Waals surface area contributed by atoms with Gasteiger partial charge in [-0.15, -0.1) is 0 Å². The van der Waals surface area contributed by atoms with Gasteiger partial charge >= 0.3 is 0 Å². The van der Waals surface area contributed by atoms with E-state index in [1.807, 2.05) is 31.2 Å². The molecule has 0 unspecified atom stereocenters. The number of aryl methyl sites for hydroxylation is 1. The Labute approximate surface area is 112 Å². The first-order chi connectivity index (χ1) is 9.13. The Bertz CT molecular complexity index is 565. The van der Waals surface area contributed by atoms with Gasteiger partial charge < -0.3 is 15.8 Å². The smallest absolute Gasteiger partial charge is 0.262 e. The molecule has 0 saturated heterocycles. The lowest BCUT2D eigenvalue weighted by atomic mass is 10.2. The molecule has 1 amide bonds. The molecule has 0 radical (unpaired) electrons. The average Bonchev–Trinajstić information content (AvgIpc) is 2.38. The highest BCUT2D eigenvalue weighted by molar-refractivity contribution is 5.91. The van der Waals surface area contributed by atoms with Gasteiger partial charge in [-0.1, -0.05) is 12.1 Å². The molecule has 3 N–H and O–H groups in total. The number of hydrogen-bond donors (Lipinski definition) is 2. The van der Waals surface area contributed by atoms with Crippen LogP contribution in [0.2, 0.25) is 0 Å². The molecular weight excluding hydrogens is 240 g/mol. The molecule has 0 bridgehead atoms. The summed E-state index contributed by atoms with van der Waals surface area (Å²) in [6, 6.07) is 14.5. The summed E-state index contributed by atoms with van der Waals surface area (Å²) in [6.07, 6.45) is 0. The molecule has 0 spiro atoms. The van der Waals surface area contributed by atoms with Crippen LogP contribution < -0.4 is 15.8 Å². The SMILES string of the molecule is Cc1cccc(NC(=O)COc2ccc(N)cc2)c1. The number of anilines is 2. The number of nitrogens with one attached hydrogen (secondary N) is 1. The van der Waals surface area contributed by atoms with Crippen molar-refractivity contribution >= 4 is 17.3 Å². The van der Waals surface area contributed by atoms with Gasteiger partial charge in [0.05, 0.1) is 0 Å². The molecule has 0 aliphatic carbocycles. The summed E-state index contributed by atoms with van der Waals surface area (Å²) in [5.74, 6) is 0.427. The molecule has 4 heteroatoms. The standard InChI is InChI=1S/C15H16N2O2/c1-11-3-2-4-13(9-11)17-15(18)10-19-14-7-5-12(16)6-8-14/h2-9H,10,16H2,1H3,(H,17,18). The van der Waals surface area contributed by atoms with E-state index in [0.717, 1.165) is 11.3 Å². The summed E-state index contributed by atoms with van der Waals surface area (Å²) in [4.78, 5) is 11.7. The Balaban J connectivity index is 1.86. The average molecular weight is 256 g/mol. The van der Waals surface area contributed by atoms with Crippen molar-refractivity contribution in [2.75, 3.05) is 17.7 Å². The van der Waals surface area contributed by atoms with Gasteiger partial charge in [-0.05, 0) is 48.9 Å². The zero-order valence-corrected chi connectivity index (χ0v) is 10.7. The van der Waals surface area contributed by atoms with Gasteiger partial charge in [-0.3, -0.25) is 4.79 Å². The summed E-state index contributed by atoms with van der Waals surface area (Å²) < 4.78 is 5.36. The summed E-state index contributed by atoms with van der Waals surface area (Å²) >= 11 is 0. The van der Waals surface area contributed by atoms with Crippen LogP contribution >= 0.6 is 0 Å². The summed E-state index contributed by atoms with van der Waals surface area (Å²) in [5, 5.41) is 2.78. The van der Waals surface area contributed by atoms with Crippen molar-refractivity contribution in [3.05, 3.63) is 54.1 Å². The third-order valence-electron chi connectivity index (χ3n) is 2.55. The molecule has 2 aromatic carbocycles. The van der Waals surface area contributed by atoms with E-state index < -0.39 is 0 Å². The van der Waals surface area contributed by atoms with E-state index in [1.165, 1.54) is 0 Å². The second kappa shape index (κ2) is 5.91. The van der Waals surface area contributed by atoms with Crippen LogP contribution in [0, 0.1) is 6.92 Å². The minimum Gasteiger partial charge on any atom is -0.484 e. The number of ether oxygens (including phenoxy) is 1. The van der Waals surface area contributed by atoms with E-state index in [0.29, 0.717) is 11.4 Å². The topological polar surface area (TPSA) is 64.3 Å². The molecule has 0 fully saturated rings. The minimum atomic E-state index is -0.192. The van der Waals surface area contributed by atoms with Gasteiger partial charge in [0.25, 0.3) is 5.91 Å². The fraction of sp³-hybridized carbons (Fsp3) is 0.133. The first-order valence-electron chi connectivity index (χ1n) is 5.98. The van der Waals surface area contributed by atoms with E-state index in [-0.39, 0.29) is 12.5 Å². The maximum absolute atomic E-state index is 11.7. The second-order valence-electron chi connectivity index (χ2n) is 4.28. The highest BCUT2D eigenvalue weighted by Gasteiger charge is 2.03. The predicted octanol–water partition coefficient (Wildman–Crippen LogP) is 2.59. The second-order valence-corrected chi connectivity index (χ2v) is 4.28. The molecule has 0 aliphatic rings. The number of amides is 1. The normalized spacial score (nSPS) is 9.95. The van der Waals surface area contributed by atoms with Crippen LogP contribution in [0.5, 0.6) is 5.75 Å². The van der Waals surface area contributed by atoms with Crippen LogP contribution in [0.15, 0.2) is 48.5 Å². The molecule has 0 aliphatic heterocycles. The fourth-order valence-corrected chi connectivity index (χ4v) is 1.63. The van der Waals surface area contributed by atoms with E-state index in [4.69, 9.17) is 10.5 Å². The lowest BCUT2D eigenvalue weighted by molar-refractivity contribution is -0.118. The number of carbonyl (C=O) groups excluding carboxylic acids is 1. The van der Waals surface area contributed by atoms with Crippen molar-refractivity contribution in [2.45, 2.75) is 6.92 Å². The molecule has 0 heterocycles. The van der Waals surface area contributed by atoms with E-state index >= 15 is 0 Å². The third-order valence-corrected chi connectivity index (χ3v) is 2.55. The fourth-order valence-electron chi connectivity index (χ4n) is 1.63. The Morgan fingerprint density at radius 2 is 1.95 bits per heavy atom. The third kappa shape index (κ3) is 4.03. The highest BCUT2D eigenvalue weighted by Crippen LogP contribution is 2.13. The lowest BCUT2D eigenvalue weighted by Crippen LogP contribution is -2.20. The summed E-state index contributed by atoms with van der Waals surface area (Å²) in [7, 11) is 0. The van der Waals surface area contributed by atoms with Crippen molar-refractivity contribution in [1.82, 2.24) is 0 Å². The number of carbonyl (C=O) groups is 1. The number of nitrogens with two attached hydrogens (primary N) is 1. The van der Waals surface area contributed by atoms with Crippen molar-refractivity contribution in [3.8, 4) is 5.75 Å². The number of nitrogen functional groups attached to an aromatic ring is 1. The van der Waals surface area contributed by atoms with Gasteiger partial charge in [0.15, 0.2) is 6.61 Å². The largest absolute Gasteiger partial charge is 0.484 e. The van der Waals surface area contributed by atoms with Crippen LogP contribution in [0.25, 0.3) is 0 Å². The van der Waals surface area contributed by atoms with E-state index in [9.17, 15) is 4.79 Å². The molecule has 2 rings (SSSR count). The Morgan fingerprint density at radius 1 is 1.21 bits per heavy atom.